The van der Waals surface area contributed by atoms with Gasteiger partial charge in [-0.25, -0.2) is 14.3 Å². The molecule has 0 unspecified atom stereocenters. The molecule has 0 saturated heterocycles. The van der Waals surface area contributed by atoms with E-state index in [0.717, 1.165) is 5.56 Å². The first kappa shape index (κ1) is 15.4. The van der Waals surface area contributed by atoms with E-state index in [1.165, 1.54) is 22.9 Å². The molecule has 0 aliphatic rings. The molecule has 7 nitrogen and oxygen atoms in total. The predicted octanol–water partition coefficient (Wildman–Crippen LogP) is 2.25. The number of rotatable bonds is 5. The summed E-state index contributed by atoms with van der Waals surface area (Å²) in [4.78, 5) is 22.7. The zero-order valence-corrected chi connectivity index (χ0v) is 12.5. The van der Waals surface area contributed by atoms with Crippen LogP contribution in [0.1, 0.15) is 32.0 Å². The van der Waals surface area contributed by atoms with Gasteiger partial charge in [0.15, 0.2) is 0 Å². The summed E-state index contributed by atoms with van der Waals surface area (Å²) in [7, 11) is 0. The highest BCUT2D eigenvalue weighted by Crippen LogP contribution is 2.19. The molecule has 0 radical (unpaired) electrons. The average molecular weight is 323 g/mol. The summed E-state index contributed by atoms with van der Waals surface area (Å²) in [6.45, 7) is 0. The first-order chi connectivity index (χ1) is 11.6. The van der Waals surface area contributed by atoms with Gasteiger partial charge in [0.1, 0.15) is 0 Å². The van der Waals surface area contributed by atoms with Crippen molar-refractivity contribution < 1.29 is 19.8 Å². The van der Waals surface area contributed by atoms with Gasteiger partial charge in [0.05, 0.1) is 28.7 Å². The fraction of sp³-hybridized carbons (Fsp3) is 0.0588. The molecule has 0 bridgehead atoms. The van der Waals surface area contributed by atoms with Gasteiger partial charge in [0, 0.05) is 6.42 Å². The van der Waals surface area contributed by atoms with Crippen molar-refractivity contribution in [2.75, 3.05) is 0 Å². The van der Waals surface area contributed by atoms with Crippen LogP contribution < -0.4 is 0 Å². The number of aromatic nitrogens is 3. The second-order valence-electron chi connectivity index (χ2n) is 5.13. The van der Waals surface area contributed by atoms with Crippen LogP contribution in [0, 0.1) is 0 Å². The first-order valence-corrected chi connectivity index (χ1v) is 7.11. The van der Waals surface area contributed by atoms with Crippen LogP contribution in [0.3, 0.4) is 0 Å². The number of hydrogen-bond acceptors (Lipinski definition) is 4. The Morgan fingerprint density at radius 2 is 1.71 bits per heavy atom. The molecule has 0 aliphatic heterocycles. The third-order valence-corrected chi connectivity index (χ3v) is 3.50. The van der Waals surface area contributed by atoms with Crippen LogP contribution in [-0.4, -0.2) is 37.1 Å². The number of benzene rings is 2. The van der Waals surface area contributed by atoms with Crippen molar-refractivity contribution in [1.29, 1.82) is 0 Å². The van der Waals surface area contributed by atoms with Crippen molar-refractivity contribution >= 4 is 11.9 Å². The quantitative estimate of drug-likeness (QED) is 0.746. The highest BCUT2D eigenvalue weighted by Gasteiger charge is 2.21. The molecule has 3 aromatic rings. The number of carbonyl (C=O) groups is 2. The Balaban J connectivity index is 2.00. The summed E-state index contributed by atoms with van der Waals surface area (Å²) in [5, 5.41) is 26.5. The minimum Gasteiger partial charge on any atom is -0.478 e. The van der Waals surface area contributed by atoms with Crippen molar-refractivity contribution in [2.45, 2.75) is 6.42 Å². The van der Waals surface area contributed by atoms with E-state index >= 15 is 0 Å². The molecule has 120 valence electrons. The molecule has 1 heterocycles. The standard InChI is InChI=1S/C17H13N3O4/c21-16(22)13-7-4-8-14(15(13)17(23)24)20-10-12(18-19-20)9-11-5-2-1-3-6-11/h1-8,10H,9H2,(H,21,22)(H,23,24). The molecule has 0 amide bonds. The largest absolute Gasteiger partial charge is 0.478 e. The summed E-state index contributed by atoms with van der Waals surface area (Å²) < 4.78 is 1.29. The Hall–Kier alpha value is -3.48. The van der Waals surface area contributed by atoms with Crippen LogP contribution in [0.4, 0.5) is 0 Å². The minimum atomic E-state index is -1.33. The Kier molecular flexibility index (Phi) is 4.07. The Morgan fingerprint density at radius 3 is 2.38 bits per heavy atom. The number of nitrogens with zero attached hydrogens (tertiary/aromatic N) is 3. The van der Waals surface area contributed by atoms with Crippen molar-refractivity contribution in [1.82, 2.24) is 15.0 Å². The highest BCUT2D eigenvalue weighted by molar-refractivity contribution is 6.04. The zero-order chi connectivity index (χ0) is 17.1. The van der Waals surface area contributed by atoms with Gasteiger partial charge in [0.25, 0.3) is 0 Å². The highest BCUT2D eigenvalue weighted by atomic mass is 16.4. The fourth-order valence-corrected chi connectivity index (χ4v) is 2.44. The van der Waals surface area contributed by atoms with Gasteiger partial charge in [-0.15, -0.1) is 5.10 Å². The fourth-order valence-electron chi connectivity index (χ4n) is 2.44. The zero-order valence-electron chi connectivity index (χ0n) is 12.5. The molecule has 0 aliphatic carbocycles. The van der Waals surface area contributed by atoms with E-state index in [9.17, 15) is 19.8 Å². The number of carboxylic acids is 2. The van der Waals surface area contributed by atoms with Crippen LogP contribution >= 0.6 is 0 Å². The Bertz CT molecular complexity index is 903. The lowest BCUT2D eigenvalue weighted by Crippen LogP contribution is -2.13. The lowest BCUT2D eigenvalue weighted by atomic mass is 10.1. The van der Waals surface area contributed by atoms with Gasteiger partial charge < -0.3 is 10.2 Å². The molecule has 0 spiro atoms. The minimum absolute atomic E-state index is 0.161. The normalized spacial score (nSPS) is 10.5. The van der Waals surface area contributed by atoms with Gasteiger partial charge in [-0.05, 0) is 17.7 Å². The smallest absolute Gasteiger partial charge is 0.338 e. The van der Waals surface area contributed by atoms with Crippen LogP contribution in [-0.2, 0) is 6.42 Å². The lowest BCUT2D eigenvalue weighted by molar-refractivity contribution is 0.0651. The molecule has 1 aromatic heterocycles. The van der Waals surface area contributed by atoms with E-state index in [-0.39, 0.29) is 16.8 Å². The SMILES string of the molecule is O=C(O)c1cccc(-n2cc(Cc3ccccc3)nn2)c1C(=O)O. The van der Waals surface area contributed by atoms with Gasteiger partial charge >= 0.3 is 11.9 Å². The predicted molar refractivity (Wildman–Crippen MR) is 84.5 cm³/mol. The van der Waals surface area contributed by atoms with E-state index in [0.29, 0.717) is 12.1 Å². The van der Waals surface area contributed by atoms with E-state index in [1.807, 2.05) is 30.3 Å². The topological polar surface area (TPSA) is 105 Å². The Morgan fingerprint density at radius 1 is 0.958 bits per heavy atom. The maximum atomic E-state index is 11.5. The number of hydrogen-bond donors (Lipinski definition) is 2. The van der Waals surface area contributed by atoms with Gasteiger partial charge in [-0.3, -0.25) is 0 Å². The van der Waals surface area contributed by atoms with Crippen molar-refractivity contribution in [3.63, 3.8) is 0 Å². The Labute approximate surface area is 136 Å². The van der Waals surface area contributed by atoms with E-state index in [2.05, 4.69) is 10.3 Å². The molecule has 0 fully saturated rings. The van der Waals surface area contributed by atoms with Gasteiger partial charge in [0.2, 0.25) is 0 Å². The van der Waals surface area contributed by atoms with Crippen LogP contribution in [0.5, 0.6) is 0 Å². The van der Waals surface area contributed by atoms with Gasteiger partial charge in [-0.1, -0.05) is 41.6 Å². The van der Waals surface area contributed by atoms with E-state index < -0.39 is 11.9 Å². The third kappa shape index (κ3) is 3.00. The van der Waals surface area contributed by atoms with Crippen molar-refractivity contribution in [3.8, 4) is 5.69 Å². The summed E-state index contributed by atoms with van der Waals surface area (Å²) in [6.07, 6.45) is 2.14. The molecular weight excluding hydrogens is 310 g/mol. The summed E-state index contributed by atoms with van der Waals surface area (Å²) in [5.74, 6) is -2.64. The number of carboxylic acid groups (broad SMARTS) is 2. The monoisotopic (exact) mass is 323 g/mol. The molecule has 7 heteroatoms. The maximum absolute atomic E-state index is 11.5. The first-order valence-electron chi connectivity index (χ1n) is 7.11. The molecular formula is C17H13N3O4. The average Bonchev–Trinajstić information content (AvgIpc) is 3.03. The summed E-state index contributed by atoms with van der Waals surface area (Å²) in [5.41, 5.74) is 1.25. The molecule has 3 rings (SSSR count). The second kappa shape index (κ2) is 6.33. The molecule has 2 N–H and O–H groups in total. The summed E-state index contributed by atoms with van der Waals surface area (Å²) >= 11 is 0. The molecule has 24 heavy (non-hydrogen) atoms. The number of aromatic carboxylic acids is 2. The second-order valence-corrected chi connectivity index (χ2v) is 5.13. The van der Waals surface area contributed by atoms with Crippen LogP contribution in [0.15, 0.2) is 54.7 Å². The maximum Gasteiger partial charge on any atom is 0.338 e. The molecule has 0 saturated carbocycles. The van der Waals surface area contributed by atoms with Crippen LogP contribution in [0.2, 0.25) is 0 Å². The van der Waals surface area contributed by atoms with Crippen molar-refractivity contribution in [3.05, 3.63) is 77.1 Å². The lowest BCUT2D eigenvalue weighted by Gasteiger charge is -2.08. The van der Waals surface area contributed by atoms with Gasteiger partial charge in [-0.2, -0.15) is 0 Å². The van der Waals surface area contributed by atoms with Crippen LogP contribution in [0.25, 0.3) is 5.69 Å². The van der Waals surface area contributed by atoms with Crippen molar-refractivity contribution in [2.24, 2.45) is 0 Å². The molecule has 0 atom stereocenters. The third-order valence-electron chi connectivity index (χ3n) is 3.50. The molecule has 2 aromatic carbocycles. The summed E-state index contributed by atoms with van der Waals surface area (Å²) in [6, 6.07) is 13.9. The van der Waals surface area contributed by atoms with E-state index in [1.54, 1.807) is 6.20 Å². The van der Waals surface area contributed by atoms with E-state index in [4.69, 9.17) is 0 Å².